The van der Waals surface area contributed by atoms with Gasteiger partial charge in [0.2, 0.25) is 0 Å². The van der Waals surface area contributed by atoms with Crippen LogP contribution in [0.5, 0.6) is 0 Å². The second-order valence-corrected chi connectivity index (χ2v) is 4.89. The number of benzene rings is 1. The molecule has 0 atom stereocenters. The first kappa shape index (κ1) is 8.44. The maximum absolute atomic E-state index is 13.1. The molecule has 3 heteroatoms. The van der Waals surface area contributed by atoms with E-state index in [0.717, 1.165) is 19.2 Å². The van der Waals surface area contributed by atoms with Gasteiger partial charge in [-0.25, -0.2) is 0 Å². The summed E-state index contributed by atoms with van der Waals surface area (Å²) >= 11 is 3.45. The minimum absolute atomic E-state index is 0.0630. The second-order valence-electron chi connectivity index (χ2n) is 2.64. The van der Waals surface area contributed by atoms with Gasteiger partial charge >= 0.3 is 0 Å². The van der Waals surface area contributed by atoms with Gasteiger partial charge in [-0.1, -0.05) is 0 Å². The average Bonchev–Trinajstić information content (AvgIpc) is 2.31. The first-order valence-electron chi connectivity index (χ1n) is 3.52. The van der Waals surface area contributed by atoms with Crippen LogP contribution in [-0.4, -0.2) is 0 Å². The van der Waals surface area contributed by atoms with Gasteiger partial charge in [0.25, 0.3) is 0 Å². The van der Waals surface area contributed by atoms with Crippen LogP contribution < -0.4 is 0 Å². The Morgan fingerprint density at radius 1 is 1.42 bits per heavy atom. The molecule has 62 valence electrons. The van der Waals surface area contributed by atoms with E-state index in [1.54, 1.807) is 0 Å². The van der Waals surface area contributed by atoms with Gasteiger partial charge in [0.15, 0.2) is 5.13 Å². The molecule has 0 aliphatic rings. The molecule has 0 N–H and O–H groups in total. The van der Waals surface area contributed by atoms with Crippen molar-refractivity contribution in [1.29, 1.82) is 0 Å². The maximum atomic E-state index is 13.1. The molecule has 0 saturated heterocycles. The molecule has 2 rings (SSSR count). The van der Waals surface area contributed by atoms with E-state index in [-0.39, 0.29) is 5.13 Å². The lowest BCUT2D eigenvalue weighted by atomic mass is 10.2. The molecule has 1 heterocycles. The maximum Gasteiger partial charge on any atom is 0.180 e. The van der Waals surface area contributed by atoms with Crippen molar-refractivity contribution in [3.63, 3.8) is 0 Å². The lowest BCUT2D eigenvalue weighted by Crippen LogP contribution is -1.72. The zero-order chi connectivity index (χ0) is 8.72. The van der Waals surface area contributed by atoms with E-state index in [4.69, 9.17) is 0 Å². The van der Waals surface area contributed by atoms with Crippen LogP contribution in [0, 0.1) is 15.6 Å². The van der Waals surface area contributed by atoms with Crippen LogP contribution in [-0.2, 0) is 0 Å². The standard InChI is InChI=1S/C9H6FIS/c1-5-7-4-6(11)2-3-8(7)12-9(5)10/h2-4H,1H3. The first-order valence-corrected chi connectivity index (χ1v) is 5.42. The number of rotatable bonds is 0. The molecule has 0 spiro atoms. The SMILES string of the molecule is Cc1c(F)sc2ccc(I)cc12. The topological polar surface area (TPSA) is 0 Å². The highest BCUT2D eigenvalue weighted by Crippen LogP contribution is 2.30. The van der Waals surface area contributed by atoms with Crippen LogP contribution in [0.2, 0.25) is 0 Å². The molecule has 0 bridgehead atoms. The van der Waals surface area contributed by atoms with Gasteiger partial charge in [0, 0.05) is 13.8 Å². The molecule has 0 aliphatic heterocycles. The zero-order valence-electron chi connectivity index (χ0n) is 6.40. The number of halogens is 2. The van der Waals surface area contributed by atoms with Crippen LogP contribution in [0.15, 0.2) is 18.2 Å². The van der Waals surface area contributed by atoms with Crippen LogP contribution in [0.25, 0.3) is 10.1 Å². The third-order valence-corrected chi connectivity index (χ3v) is 3.57. The minimum Gasteiger partial charge on any atom is -0.195 e. The van der Waals surface area contributed by atoms with E-state index in [1.165, 1.54) is 11.3 Å². The fourth-order valence-electron chi connectivity index (χ4n) is 1.16. The van der Waals surface area contributed by atoms with Crippen molar-refractivity contribution in [2.24, 2.45) is 0 Å². The van der Waals surface area contributed by atoms with Gasteiger partial charge in [-0.15, -0.1) is 11.3 Å². The van der Waals surface area contributed by atoms with Crippen molar-refractivity contribution in [1.82, 2.24) is 0 Å². The lowest BCUT2D eigenvalue weighted by Gasteiger charge is -1.91. The summed E-state index contributed by atoms with van der Waals surface area (Å²) in [4.78, 5) is 0. The average molecular weight is 292 g/mol. The molecule has 0 fully saturated rings. The number of thiophene rings is 1. The molecule has 1 aromatic heterocycles. The predicted molar refractivity (Wildman–Crippen MR) is 59.2 cm³/mol. The molecule has 0 nitrogen and oxygen atoms in total. The Kier molecular flexibility index (Phi) is 2.08. The summed E-state index contributed by atoms with van der Waals surface area (Å²) in [5.41, 5.74) is 0.772. The van der Waals surface area contributed by atoms with Gasteiger partial charge in [-0.2, -0.15) is 4.39 Å². The minimum atomic E-state index is -0.0630. The summed E-state index contributed by atoms with van der Waals surface area (Å²) in [7, 11) is 0. The van der Waals surface area contributed by atoms with Crippen molar-refractivity contribution >= 4 is 44.0 Å². The number of fused-ring (bicyclic) bond motifs is 1. The molecule has 0 aliphatic carbocycles. The monoisotopic (exact) mass is 292 g/mol. The predicted octanol–water partition coefficient (Wildman–Crippen LogP) is 3.95. The summed E-state index contributed by atoms with van der Waals surface area (Å²) in [6.45, 7) is 1.82. The molecule has 0 saturated carbocycles. The highest BCUT2D eigenvalue weighted by molar-refractivity contribution is 14.1. The molecular weight excluding hydrogens is 286 g/mol. The molecule has 12 heavy (non-hydrogen) atoms. The second kappa shape index (κ2) is 2.96. The summed E-state index contributed by atoms with van der Waals surface area (Å²) in [6, 6.07) is 5.99. The zero-order valence-corrected chi connectivity index (χ0v) is 9.37. The Hall–Kier alpha value is -0.160. The van der Waals surface area contributed by atoms with Crippen molar-refractivity contribution in [2.75, 3.05) is 0 Å². The van der Waals surface area contributed by atoms with E-state index < -0.39 is 0 Å². The third kappa shape index (κ3) is 1.25. The summed E-state index contributed by atoms with van der Waals surface area (Å²) in [5.74, 6) is 0. The largest absolute Gasteiger partial charge is 0.195 e. The van der Waals surface area contributed by atoms with Crippen molar-refractivity contribution < 1.29 is 4.39 Å². The number of hydrogen-bond donors (Lipinski definition) is 0. The quantitative estimate of drug-likeness (QED) is 0.645. The fourth-order valence-corrected chi connectivity index (χ4v) is 2.57. The number of aryl methyl sites for hydroxylation is 1. The molecule has 0 amide bonds. The van der Waals surface area contributed by atoms with Gasteiger partial charge in [0.1, 0.15) is 0 Å². The Morgan fingerprint density at radius 3 is 2.92 bits per heavy atom. The van der Waals surface area contributed by atoms with Gasteiger partial charge in [-0.05, 0) is 53.1 Å². The van der Waals surface area contributed by atoms with E-state index >= 15 is 0 Å². The summed E-state index contributed by atoms with van der Waals surface area (Å²) in [5, 5.41) is 0.983. The van der Waals surface area contributed by atoms with Crippen molar-refractivity contribution in [3.8, 4) is 0 Å². The first-order chi connectivity index (χ1) is 5.68. The smallest absolute Gasteiger partial charge is 0.180 e. The normalized spacial score (nSPS) is 10.9. The van der Waals surface area contributed by atoms with Crippen molar-refractivity contribution in [3.05, 3.63) is 32.5 Å². The van der Waals surface area contributed by atoms with Gasteiger partial charge in [-0.3, -0.25) is 0 Å². The Morgan fingerprint density at radius 2 is 2.17 bits per heavy atom. The molecule has 0 unspecified atom stereocenters. The van der Waals surface area contributed by atoms with Crippen LogP contribution in [0.1, 0.15) is 5.56 Å². The highest BCUT2D eigenvalue weighted by atomic mass is 127. The Bertz CT molecular complexity index is 433. The van der Waals surface area contributed by atoms with Gasteiger partial charge < -0.3 is 0 Å². The van der Waals surface area contributed by atoms with Gasteiger partial charge in [0.05, 0.1) is 0 Å². The van der Waals surface area contributed by atoms with E-state index in [2.05, 4.69) is 22.6 Å². The molecule has 0 radical (unpaired) electrons. The Labute approximate surface area is 87.5 Å². The summed E-state index contributed by atoms with van der Waals surface area (Å²) < 4.78 is 15.3. The number of hydrogen-bond acceptors (Lipinski definition) is 1. The third-order valence-electron chi connectivity index (χ3n) is 1.84. The fraction of sp³-hybridized carbons (Fsp3) is 0.111. The van der Waals surface area contributed by atoms with Crippen LogP contribution >= 0.6 is 33.9 Å². The lowest BCUT2D eigenvalue weighted by molar-refractivity contribution is 0.650. The Balaban J connectivity index is 2.88. The summed E-state index contributed by atoms with van der Waals surface area (Å²) in [6.07, 6.45) is 0. The highest BCUT2D eigenvalue weighted by Gasteiger charge is 2.06. The van der Waals surface area contributed by atoms with Crippen LogP contribution in [0.3, 0.4) is 0 Å². The molecule has 2 aromatic rings. The van der Waals surface area contributed by atoms with E-state index in [0.29, 0.717) is 0 Å². The molecule has 1 aromatic carbocycles. The van der Waals surface area contributed by atoms with Crippen LogP contribution in [0.4, 0.5) is 4.39 Å². The van der Waals surface area contributed by atoms with Crippen molar-refractivity contribution in [2.45, 2.75) is 6.92 Å². The van der Waals surface area contributed by atoms with E-state index in [9.17, 15) is 4.39 Å². The van der Waals surface area contributed by atoms with E-state index in [1.807, 2.05) is 25.1 Å². The molecular formula is C9H6FIS.